The summed E-state index contributed by atoms with van der Waals surface area (Å²) in [5.74, 6) is 2.13. The van der Waals surface area contributed by atoms with Crippen LogP contribution in [0.5, 0.6) is 17.2 Å². The molecule has 5 atom stereocenters. The van der Waals surface area contributed by atoms with E-state index < -0.39 is 5.97 Å². The van der Waals surface area contributed by atoms with E-state index in [0.29, 0.717) is 36.4 Å². The summed E-state index contributed by atoms with van der Waals surface area (Å²) in [4.78, 5) is 31.6. The van der Waals surface area contributed by atoms with E-state index >= 15 is 0 Å². The SMILES string of the molecule is CC(=O)Oc1cc(O)c2c3c1O[C@H]1[C@H](N(CCCCc4ccccc4)C(=O)CCCCCc4ccccc4)CC[C@H]4[C@@H](C2)N(CC2CC2)CC[C@@]341. The predicted octanol–water partition coefficient (Wildman–Crippen LogP) is 7.79. The molecule has 270 valence electrons. The van der Waals surface area contributed by atoms with Gasteiger partial charge in [0.15, 0.2) is 11.5 Å². The molecule has 0 unspecified atom stereocenters. The summed E-state index contributed by atoms with van der Waals surface area (Å²) in [5, 5.41) is 11.5. The smallest absolute Gasteiger partial charge is 0.308 e. The van der Waals surface area contributed by atoms with Crippen molar-refractivity contribution in [1.29, 1.82) is 0 Å². The molecule has 3 aromatic rings. The van der Waals surface area contributed by atoms with Crippen molar-refractivity contribution in [3.05, 3.63) is 89.0 Å². The second kappa shape index (κ2) is 14.7. The van der Waals surface area contributed by atoms with Gasteiger partial charge in [0.05, 0.1) is 6.04 Å². The number of aryl methyl sites for hydroxylation is 2. The maximum Gasteiger partial charge on any atom is 0.308 e. The first-order valence-electron chi connectivity index (χ1n) is 19.8. The number of esters is 1. The van der Waals surface area contributed by atoms with Crippen LogP contribution in [0.25, 0.3) is 0 Å². The molecule has 5 aliphatic rings. The van der Waals surface area contributed by atoms with E-state index in [1.54, 1.807) is 6.07 Å². The van der Waals surface area contributed by atoms with E-state index in [-0.39, 0.29) is 29.2 Å². The Bertz CT molecular complexity index is 1710. The number of piperidine rings is 1. The van der Waals surface area contributed by atoms with Crippen LogP contribution >= 0.6 is 0 Å². The van der Waals surface area contributed by atoms with Crippen molar-refractivity contribution < 1.29 is 24.2 Å². The third-order valence-electron chi connectivity index (χ3n) is 12.8. The van der Waals surface area contributed by atoms with Crippen molar-refractivity contribution in [1.82, 2.24) is 9.80 Å². The third kappa shape index (κ3) is 6.79. The lowest BCUT2D eigenvalue weighted by Crippen LogP contribution is -2.69. The summed E-state index contributed by atoms with van der Waals surface area (Å²) in [7, 11) is 0. The van der Waals surface area contributed by atoms with Crippen LogP contribution in [0.15, 0.2) is 66.7 Å². The number of unbranched alkanes of at least 4 members (excludes halogenated alkanes) is 3. The molecule has 3 aliphatic carbocycles. The highest BCUT2D eigenvalue weighted by Crippen LogP contribution is 2.66. The molecule has 2 saturated carbocycles. The minimum absolute atomic E-state index is 0.0731. The molecule has 1 N–H and O–H groups in total. The van der Waals surface area contributed by atoms with Crippen molar-refractivity contribution in [2.24, 2.45) is 11.8 Å². The highest BCUT2D eigenvalue weighted by Gasteiger charge is 2.67. The molecule has 7 nitrogen and oxygen atoms in total. The first-order chi connectivity index (χ1) is 24.9. The normalized spacial score (nSPS) is 25.9. The summed E-state index contributed by atoms with van der Waals surface area (Å²) in [6.45, 7) is 4.24. The Morgan fingerprint density at radius 3 is 2.31 bits per heavy atom. The maximum atomic E-state index is 14.4. The van der Waals surface area contributed by atoms with Crippen molar-refractivity contribution in [3.63, 3.8) is 0 Å². The molecule has 8 rings (SSSR count). The quantitative estimate of drug-likeness (QED) is 0.0997. The Labute approximate surface area is 303 Å². The number of phenols is 1. The third-order valence-corrected chi connectivity index (χ3v) is 12.8. The monoisotopic (exact) mass is 690 g/mol. The van der Waals surface area contributed by atoms with Crippen LogP contribution in [-0.4, -0.2) is 64.6 Å². The molecule has 1 amide bonds. The van der Waals surface area contributed by atoms with Gasteiger partial charge in [-0.3, -0.25) is 14.5 Å². The van der Waals surface area contributed by atoms with Crippen molar-refractivity contribution in [2.75, 3.05) is 19.6 Å². The van der Waals surface area contributed by atoms with Crippen LogP contribution < -0.4 is 9.47 Å². The van der Waals surface area contributed by atoms with Gasteiger partial charge in [0.25, 0.3) is 0 Å². The largest absolute Gasteiger partial charge is 0.508 e. The van der Waals surface area contributed by atoms with Gasteiger partial charge in [-0.15, -0.1) is 0 Å². The summed E-state index contributed by atoms with van der Waals surface area (Å²) in [6.07, 6.45) is 13.6. The Morgan fingerprint density at radius 1 is 0.922 bits per heavy atom. The summed E-state index contributed by atoms with van der Waals surface area (Å²) in [5.41, 5.74) is 4.40. The number of amides is 1. The van der Waals surface area contributed by atoms with Gasteiger partial charge in [0.1, 0.15) is 11.9 Å². The van der Waals surface area contributed by atoms with Crippen LogP contribution in [-0.2, 0) is 34.3 Å². The number of rotatable bonds is 15. The van der Waals surface area contributed by atoms with E-state index in [1.807, 2.05) is 0 Å². The summed E-state index contributed by atoms with van der Waals surface area (Å²) >= 11 is 0. The van der Waals surface area contributed by atoms with Gasteiger partial charge >= 0.3 is 5.97 Å². The number of hydrogen-bond acceptors (Lipinski definition) is 6. The molecule has 1 spiro atoms. The molecule has 3 fully saturated rings. The standard InChI is InChI=1S/C44H54N2O5/c1-30(47)50-39-28-38(48)34-27-37-35-22-23-36(43-44(35,41(34)42(39)51-43)24-26-45(37)29-33-20-21-33)46(25-12-11-18-32-15-7-3-8-16-32)40(49)19-10-4-9-17-31-13-5-2-6-14-31/h2-3,5-8,13-16,28,33,35-37,43,48H,4,9-12,17-27,29H2,1H3/t35-,36+,37+,43-,44-/m0/s1. The number of hydrogen-bond donors (Lipinski definition) is 1. The fourth-order valence-corrected chi connectivity index (χ4v) is 10.4. The fourth-order valence-electron chi connectivity index (χ4n) is 10.4. The van der Waals surface area contributed by atoms with Crippen LogP contribution in [0, 0.1) is 11.8 Å². The Morgan fingerprint density at radius 2 is 1.63 bits per heavy atom. The van der Waals surface area contributed by atoms with E-state index in [0.717, 1.165) is 101 Å². The van der Waals surface area contributed by atoms with Crippen molar-refractivity contribution in [3.8, 4) is 17.2 Å². The Hall–Kier alpha value is -3.84. The Kier molecular flexibility index (Phi) is 9.84. The lowest BCUT2D eigenvalue weighted by Gasteiger charge is -2.60. The summed E-state index contributed by atoms with van der Waals surface area (Å²) in [6, 6.07) is 23.1. The molecule has 2 bridgehead atoms. The van der Waals surface area contributed by atoms with Crippen LogP contribution in [0.1, 0.15) is 99.8 Å². The van der Waals surface area contributed by atoms with Crippen LogP contribution in [0.2, 0.25) is 0 Å². The second-order valence-electron chi connectivity index (χ2n) is 16.0. The number of benzene rings is 3. The number of carbonyl (C=O) groups excluding carboxylic acids is 2. The number of likely N-dealkylation sites (tertiary alicyclic amines) is 1. The first-order valence-corrected chi connectivity index (χ1v) is 19.8. The van der Waals surface area contributed by atoms with Gasteiger partial charge in [0.2, 0.25) is 5.91 Å². The molecular weight excluding hydrogens is 636 g/mol. The highest BCUT2D eigenvalue weighted by atomic mass is 16.6. The van der Waals surface area contributed by atoms with Crippen LogP contribution in [0.4, 0.5) is 0 Å². The van der Waals surface area contributed by atoms with E-state index in [2.05, 4.69) is 70.5 Å². The van der Waals surface area contributed by atoms with E-state index in [9.17, 15) is 14.7 Å². The average Bonchev–Trinajstić information content (AvgIpc) is 3.89. The number of carbonyl (C=O) groups is 2. The van der Waals surface area contributed by atoms with E-state index in [1.165, 1.54) is 30.9 Å². The van der Waals surface area contributed by atoms with E-state index in [4.69, 9.17) is 9.47 Å². The molecule has 51 heavy (non-hydrogen) atoms. The highest BCUT2D eigenvalue weighted by molar-refractivity contribution is 5.77. The number of ether oxygens (including phenoxy) is 2. The van der Waals surface area contributed by atoms with Gasteiger partial charge in [-0.25, -0.2) is 0 Å². The maximum absolute atomic E-state index is 14.4. The van der Waals surface area contributed by atoms with Gasteiger partial charge in [0, 0.05) is 55.1 Å². The van der Waals surface area contributed by atoms with Gasteiger partial charge in [-0.05, 0) is 107 Å². The lowest BCUT2D eigenvalue weighted by molar-refractivity contribution is -0.143. The van der Waals surface area contributed by atoms with Crippen LogP contribution in [0.3, 0.4) is 0 Å². The predicted molar refractivity (Wildman–Crippen MR) is 198 cm³/mol. The number of phenolic OH excluding ortho intramolecular Hbond substituents is 1. The Balaban J connectivity index is 1.06. The molecule has 0 radical (unpaired) electrons. The fraction of sp³-hybridized carbons (Fsp3) is 0.545. The topological polar surface area (TPSA) is 79.3 Å². The number of nitrogens with zero attached hydrogens (tertiary/aromatic N) is 2. The molecule has 2 heterocycles. The lowest BCUT2D eigenvalue weighted by atomic mass is 9.50. The molecule has 2 aliphatic heterocycles. The minimum atomic E-state index is -0.426. The molecular formula is C44H54N2O5. The number of aromatic hydroxyl groups is 1. The zero-order valence-corrected chi connectivity index (χ0v) is 30.2. The molecule has 7 heteroatoms. The second-order valence-corrected chi connectivity index (χ2v) is 16.0. The zero-order chi connectivity index (χ0) is 35.0. The van der Waals surface area contributed by atoms with Gasteiger partial charge in [-0.1, -0.05) is 67.1 Å². The summed E-state index contributed by atoms with van der Waals surface area (Å²) < 4.78 is 12.8. The molecule has 0 aromatic heterocycles. The average molecular weight is 691 g/mol. The molecule has 3 aromatic carbocycles. The van der Waals surface area contributed by atoms with Crippen molar-refractivity contribution in [2.45, 2.75) is 120 Å². The minimum Gasteiger partial charge on any atom is -0.508 e. The zero-order valence-electron chi connectivity index (χ0n) is 30.2. The van der Waals surface area contributed by atoms with Crippen molar-refractivity contribution >= 4 is 11.9 Å². The molecule has 1 saturated heterocycles. The van der Waals surface area contributed by atoms with Gasteiger partial charge in [-0.2, -0.15) is 0 Å². The van der Waals surface area contributed by atoms with Gasteiger partial charge < -0.3 is 19.5 Å². The first kappa shape index (κ1) is 34.3.